The number of amides is 2. The molecule has 110 valence electrons. The lowest BCUT2D eigenvalue weighted by Crippen LogP contribution is -2.34. The highest BCUT2D eigenvalue weighted by Crippen LogP contribution is 2.19. The number of rotatable bonds is 4. The van der Waals surface area contributed by atoms with E-state index in [1.54, 1.807) is 0 Å². The SMILES string of the molecule is CN1CCCC1CCNC(=O)Nc1ccc(Cl)cc1F. The number of anilines is 1. The molecule has 0 aliphatic carbocycles. The fraction of sp³-hybridized carbons (Fsp3) is 0.500. The van der Waals surface area contributed by atoms with Crippen LogP contribution in [0.5, 0.6) is 0 Å². The van der Waals surface area contributed by atoms with Gasteiger partial charge >= 0.3 is 6.03 Å². The van der Waals surface area contributed by atoms with E-state index < -0.39 is 11.8 Å². The number of carbonyl (C=O) groups excluding carboxylic acids is 1. The molecule has 0 bridgehead atoms. The average Bonchev–Trinajstić information content (AvgIpc) is 2.79. The molecule has 20 heavy (non-hydrogen) atoms. The highest BCUT2D eigenvalue weighted by molar-refractivity contribution is 6.30. The standard InChI is InChI=1S/C14H19ClFN3O/c1-19-8-2-3-11(19)6-7-17-14(20)18-13-5-4-10(15)9-12(13)16/h4-5,9,11H,2-3,6-8H2,1H3,(H2,17,18,20). The Bertz CT molecular complexity index is 483. The molecule has 0 aromatic heterocycles. The second kappa shape index (κ2) is 6.90. The first-order chi connectivity index (χ1) is 9.56. The topological polar surface area (TPSA) is 44.4 Å². The van der Waals surface area contributed by atoms with Crippen LogP contribution in [0, 0.1) is 5.82 Å². The summed E-state index contributed by atoms with van der Waals surface area (Å²) in [6.07, 6.45) is 3.29. The Morgan fingerprint density at radius 2 is 2.35 bits per heavy atom. The molecule has 2 rings (SSSR count). The minimum absolute atomic E-state index is 0.130. The molecule has 1 saturated heterocycles. The van der Waals surface area contributed by atoms with Crippen molar-refractivity contribution in [1.82, 2.24) is 10.2 Å². The van der Waals surface area contributed by atoms with Crippen molar-refractivity contribution in [3.05, 3.63) is 29.0 Å². The maximum Gasteiger partial charge on any atom is 0.319 e. The first-order valence-corrected chi connectivity index (χ1v) is 7.14. The maximum atomic E-state index is 13.5. The Morgan fingerprint density at radius 3 is 3.00 bits per heavy atom. The minimum Gasteiger partial charge on any atom is -0.338 e. The summed E-state index contributed by atoms with van der Waals surface area (Å²) < 4.78 is 13.5. The van der Waals surface area contributed by atoms with Crippen molar-refractivity contribution in [1.29, 1.82) is 0 Å². The van der Waals surface area contributed by atoms with Gasteiger partial charge in [-0.15, -0.1) is 0 Å². The quantitative estimate of drug-likeness (QED) is 0.897. The van der Waals surface area contributed by atoms with Crippen LogP contribution in [0.1, 0.15) is 19.3 Å². The molecule has 2 N–H and O–H groups in total. The summed E-state index contributed by atoms with van der Waals surface area (Å²) in [5, 5.41) is 5.52. The molecular weight excluding hydrogens is 281 g/mol. The fourth-order valence-corrected chi connectivity index (χ4v) is 2.61. The summed E-state index contributed by atoms with van der Waals surface area (Å²) in [5.74, 6) is -0.539. The summed E-state index contributed by atoms with van der Waals surface area (Å²) in [6, 6.07) is 4.29. The highest BCUT2D eigenvalue weighted by Gasteiger charge is 2.20. The van der Waals surface area contributed by atoms with E-state index in [1.807, 2.05) is 0 Å². The first-order valence-electron chi connectivity index (χ1n) is 6.76. The van der Waals surface area contributed by atoms with E-state index >= 15 is 0 Å². The number of nitrogens with one attached hydrogen (secondary N) is 2. The van der Waals surface area contributed by atoms with Gasteiger partial charge in [-0.05, 0) is 51.1 Å². The van der Waals surface area contributed by atoms with E-state index in [-0.39, 0.29) is 5.69 Å². The number of benzene rings is 1. The predicted molar refractivity (Wildman–Crippen MR) is 78.7 cm³/mol. The van der Waals surface area contributed by atoms with Crippen molar-refractivity contribution in [3.63, 3.8) is 0 Å². The molecule has 1 unspecified atom stereocenters. The van der Waals surface area contributed by atoms with Gasteiger partial charge in [0, 0.05) is 17.6 Å². The molecule has 1 aromatic rings. The molecule has 0 radical (unpaired) electrons. The van der Waals surface area contributed by atoms with Crippen molar-refractivity contribution >= 4 is 23.3 Å². The van der Waals surface area contributed by atoms with E-state index in [4.69, 9.17) is 11.6 Å². The van der Waals surface area contributed by atoms with E-state index in [1.165, 1.54) is 31.0 Å². The fourth-order valence-electron chi connectivity index (χ4n) is 2.45. The smallest absolute Gasteiger partial charge is 0.319 e. The molecule has 0 saturated carbocycles. The lowest BCUT2D eigenvalue weighted by molar-refractivity contribution is 0.248. The van der Waals surface area contributed by atoms with E-state index in [0.29, 0.717) is 17.6 Å². The number of nitrogens with zero attached hydrogens (tertiary/aromatic N) is 1. The number of hydrogen-bond donors (Lipinski definition) is 2. The first kappa shape index (κ1) is 15.1. The zero-order valence-corrected chi connectivity index (χ0v) is 12.2. The van der Waals surface area contributed by atoms with Gasteiger partial charge in [-0.1, -0.05) is 11.6 Å². The zero-order valence-electron chi connectivity index (χ0n) is 11.5. The van der Waals surface area contributed by atoms with Crippen molar-refractivity contribution in [2.45, 2.75) is 25.3 Å². The third kappa shape index (κ3) is 4.08. The largest absolute Gasteiger partial charge is 0.338 e. The summed E-state index contributed by atoms with van der Waals surface area (Å²) in [7, 11) is 2.10. The van der Waals surface area contributed by atoms with Crippen molar-refractivity contribution < 1.29 is 9.18 Å². The van der Waals surface area contributed by atoms with E-state index in [2.05, 4.69) is 22.6 Å². The van der Waals surface area contributed by atoms with Crippen LogP contribution in [0.2, 0.25) is 5.02 Å². The second-order valence-corrected chi connectivity index (χ2v) is 5.51. The van der Waals surface area contributed by atoms with Gasteiger partial charge in [0.15, 0.2) is 0 Å². The van der Waals surface area contributed by atoms with E-state index in [9.17, 15) is 9.18 Å². The molecule has 1 aliphatic rings. The summed E-state index contributed by atoms with van der Waals surface area (Å²) in [6.45, 7) is 1.70. The summed E-state index contributed by atoms with van der Waals surface area (Å²) in [4.78, 5) is 14.0. The molecule has 2 amide bonds. The molecule has 1 heterocycles. The van der Waals surface area contributed by atoms with Crippen LogP contribution in [0.15, 0.2) is 18.2 Å². The number of urea groups is 1. The van der Waals surface area contributed by atoms with Crippen molar-refractivity contribution in [3.8, 4) is 0 Å². The molecule has 6 heteroatoms. The minimum atomic E-state index is -0.539. The van der Waals surface area contributed by atoms with Crippen LogP contribution < -0.4 is 10.6 Å². The average molecular weight is 300 g/mol. The van der Waals surface area contributed by atoms with Gasteiger partial charge in [0.05, 0.1) is 5.69 Å². The zero-order chi connectivity index (χ0) is 14.5. The Morgan fingerprint density at radius 1 is 1.55 bits per heavy atom. The van der Waals surface area contributed by atoms with Crippen LogP contribution >= 0.6 is 11.6 Å². The van der Waals surface area contributed by atoms with Crippen LogP contribution in [0.4, 0.5) is 14.9 Å². The Kier molecular flexibility index (Phi) is 5.20. The van der Waals surface area contributed by atoms with Gasteiger partial charge in [0.25, 0.3) is 0 Å². The second-order valence-electron chi connectivity index (χ2n) is 5.07. The monoisotopic (exact) mass is 299 g/mol. The van der Waals surface area contributed by atoms with Crippen LogP contribution in [-0.2, 0) is 0 Å². The van der Waals surface area contributed by atoms with Gasteiger partial charge in [-0.2, -0.15) is 0 Å². The van der Waals surface area contributed by atoms with Gasteiger partial charge in [-0.25, -0.2) is 9.18 Å². The summed E-state index contributed by atoms with van der Waals surface area (Å²) >= 11 is 5.65. The number of halogens is 2. The van der Waals surface area contributed by atoms with Gasteiger partial charge in [0.1, 0.15) is 5.82 Å². The number of hydrogen-bond acceptors (Lipinski definition) is 2. The van der Waals surface area contributed by atoms with Gasteiger partial charge in [-0.3, -0.25) is 0 Å². The molecular formula is C14H19ClFN3O. The Labute approximate surface area is 123 Å². The lowest BCUT2D eigenvalue weighted by atomic mass is 10.1. The van der Waals surface area contributed by atoms with Crippen LogP contribution in [0.25, 0.3) is 0 Å². The van der Waals surface area contributed by atoms with Crippen LogP contribution in [-0.4, -0.2) is 37.1 Å². The molecule has 1 fully saturated rings. The number of likely N-dealkylation sites (tertiary alicyclic amines) is 1. The molecule has 0 spiro atoms. The van der Waals surface area contributed by atoms with Crippen molar-refractivity contribution in [2.24, 2.45) is 0 Å². The molecule has 1 aliphatic heterocycles. The molecule has 1 atom stereocenters. The van der Waals surface area contributed by atoms with E-state index in [0.717, 1.165) is 13.0 Å². The molecule has 1 aromatic carbocycles. The van der Waals surface area contributed by atoms with Gasteiger partial charge in [0.2, 0.25) is 0 Å². The highest BCUT2D eigenvalue weighted by atomic mass is 35.5. The Hall–Kier alpha value is -1.33. The van der Waals surface area contributed by atoms with Crippen molar-refractivity contribution in [2.75, 3.05) is 25.5 Å². The maximum absolute atomic E-state index is 13.5. The predicted octanol–water partition coefficient (Wildman–Crippen LogP) is 3.08. The third-order valence-electron chi connectivity index (χ3n) is 3.61. The third-order valence-corrected chi connectivity index (χ3v) is 3.85. The normalized spacial score (nSPS) is 19.1. The van der Waals surface area contributed by atoms with Crippen LogP contribution in [0.3, 0.4) is 0 Å². The molecule has 4 nitrogen and oxygen atoms in total. The van der Waals surface area contributed by atoms with Gasteiger partial charge < -0.3 is 15.5 Å². The summed E-state index contributed by atoms with van der Waals surface area (Å²) in [5.41, 5.74) is 0.130. The Balaban J connectivity index is 1.75. The lowest BCUT2D eigenvalue weighted by Gasteiger charge is -2.19. The number of carbonyl (C=O) groups is 1.